The van der Waals surface area contributed by atoms with Gasteiger partial charge in [0, 0.05) is 23.6 Å². The summed E-state index contributed by atoms with van der Waals surface area (Å²) < 4.78 is 52.0. The van der Waals surface area contributed by atoms with Gasteiger partial charge in [-0.3, -0.25) is 0 Å². The maximum atomic E-state index is 14.4. The van der Waals surface area contributed by atoms with Crippen molar-refractivity contribution >= 4 is 21.4 Å². The molecule has 2 aromatic rings. The fourth-order valence-electron chi connectivity index (χ4n) is 2.95. The van der Waals surface area contributed by atoms with Gasteiger partial charge < -0.3 is 9.47 Å². The van der Waals surface area contributed by atoms with Crippen LogP contribution in [0.25, 0.3) is 0 Å². The summed E-state index contributed by atoms with van der Waals surface area (Å²) >= 11 is 1.51. The molecule has 8 heteroatoms. The molecule has 0 saturated carbocycles. The number of benzene rings is 1. The van der Waals surface area contributed by atoms with Gasteiger partial charge >= 0.3 is 0 Å². The average Bonchev–Trinajstić information content (AvgIpc) is 3.24. The lowest BCUT2D eigenvalue weighted by atomic mass is 10.2. The molecule has 1 aliphatic heterocycles. The normalized spacial score (nSPS) is 18.7. The van der Waals surface area contributed by atoms with Gasteiger partial charge in [0.1, 0.15) is 10.7 Å². The standard InChI is InChI=1S/C16H18FNO4S2/c1-21-13-9-11(17)16(10-14(13)22-2)24(19,20)18-7-3-5-12(18)15-6-4-8-23-15/h4,6,8-10,12H,3,5,7H2,1-2H3. The second-order valence-electron chi connectivity index (χ2n) is 5.43. The van der Waals surface area contributed by atoms with Crippen molar-refractivity contribution in [1.29, 1.82) is 0 Å². The van der Waals surface area contributed by atoms with E-state index in [1.54, 1.807) is 0 Å². The van der Waals surface area contributed by atoms with E-state index < -0.39 is 15.8 Å². The smallest absolute Gasteiger partial charge is 0.246 e. The van der Waals surface area contributed by atoms with Gasteiger partial charge in [-0.05, 0) is 24.3 Å². The average molecular weight is 371 g/mol. The maximum absolute atomic E-state index is 14.4. The quantitative estimate of drug-likeness (QED) is 0.808. The topological polar surface area (TPSA) is 55.8 Å². The maximum Gasteiger partial charge on any atom is 0.246 e. The SMILES string of the molecule is COc1cc(F)c(S(=O)(=O)N2CCCC2c2cccs2)cc1OC. The van der Waals surface area contributed by atoms with Gasteiger partial charge in [0.25, 0.3) is 0 Å². The van der Waals surface area contributed by atoms with Crippen molar-refractivity contribution in [2.24, 2.45) is 0 Å². The summed E-state index contributed by atoms with van der Waals surface area (Å²) in [6.07, 6.45) is 1.48. The van der Waals surface area contributed by atoms with Crippen molar-refractivity contribution in [2.75, 3.05) is 20.8 Å². The molecule has 1 atom stereocenters. The molecule has 1 fully saturated rings. The molecule has 0 N–H and O–H groups in total. The van der Waals surface area contributed by atoms with E-state index in [1.165, 1.54) is 35.9 Å². The van der Waals surface area contributed by atoms with Crippen LogP contribution in [-0.2, 0) is 10.0 Å². The zero-order chi connectivity index (χ0) is 17.3. The first-order valence-corrected chi connectivity index (χ1v) is 9.77. The number of nitrogens with zero attached hydrogens (tertiary/aromatic N) is 1. The molecular formula is C16H18FNO4S2. The summed E-state index contributed by atoms with van der Waals surface area (Å²) in [6, 6.07) is 5.78. The molecule has 1 aromatic heterocycles. The zero-order valence-electron chi connectivity index (χ0n) is 13.4. The molecule has 0 amide bonds. The monoisotopic (exact) mass is 371 g/mol. The lowest BCUT2D eigenvalue weighted by molar-refractivity contribution is 0.349. The lowest BCUT2D eigenvalue weighted by Gasteiger charge is -2.24. The van der Waals surface area contributed by atoms with Gasteiger partial charge in [-0.1, -0.05) is 6.07 Å². The van der Waals surface area contributed by atoms with E-state index >= 15 is 0 Å². The van der Waals surface area contributed by atoms with Crippen LogP contribution in [-0.4, -0.2) is 33.5 Å². The van der Waals surface area contributed by atoms with Crippen LogP contribution < -0.4 is 9.47 Å². The van der Waals surface area contributed by atoms with E-state index in [-0.39, 0.29) is 22.4 Å². The minimum atomic E-state index is -3.97. The molecule has 1 aromatic carbocycles. The van der Waals surface area contributed by atoms with Gasteiger partial charge in [0.2, 0.25) is 10.0 Å². The second kappa shape index (κ2) is 6.70. The zero-order valence-corrected chi connectivity index (χ0v) is 15.0. The summed E-state index contributed by atoms with van der Waals surface area (Å²) in [4.78, 5) is 0.584. The third-order valence-corrected chi connectivity index (χ3v) is 7.00. The minimum absolute atomic E-state index is 0.158. The molecule has 0 aliphatic carbocycles. The third-order valence-electron chi connectivity index (χ3n) is 4.10. The van der Waals surface area contributed by atoms with E-state index in [0.29, 0.717) is 6.54 Å². The van der Waals surface area contributed by atoms with Crippen molar-refractivity contribution < 1.29 is 22.3 Å². The Labute approximate surface area is 144 Å². The molecule has 1 saturated heterocycles. The van der Waals surface area contributed by atoms with Crippen molar-refractivity contribution in [3.05, 3.63) is 40.3 Å². The summed E-state index contributed by atoms with van der Waals surface area (Å²) in [7, 11) is -1.21. The predicted molar refractivity (Wildman–Crippen MR) is 89.7 cm³/mol. The molecule has 0 bridgehead atoms. The van der Waals surface area contributed by atoms with Gasteiger partial charge in [-0.2, -0.15) is 4.31 Å². The first kappa shape index (κ1) is 17.2. The molecule has 1 unspecified atom stereocenters. The summed E-state index contributed by atoms with van der Waals surface area (Å²) in [6.45, 7) is 0.374. The number of methoxy groups -OCH3 is 2. The number of ether oxygens (including phenoxy) is 2. The fourth-order valence-corrected chi connectivity index (χ4v) is 5.63. The van der Waals surface area contributed by atoms with Crippen molar-refractivity contribution in [2.45, 2.75) is 23.8 Å². The third kappa shape index (κ3) is 2.89. The first-order chi connectivity index (χ1) is 11.5. The highest BCUT2D eigenvalue weighted by molar-refractivity contribution is 7.89. The van der Waals surface area contributed by atoms with E-state index in [4.69, 9.17) is 9.47 Å². The number of rotatable bonds is 5. The van der Waals surface area contributed by atoms with Crippen molar-refractivity contribution in [3.63, 3.8) is 0 Å². The van der Waals surface area contributed by atoms with Crippen LogP contribution in [0.1, 0.15) is 23.8 Å². The van der Waals surface area contributed by atoms with Crippen LogP contribution >= 0.6 is 11.3 Å². The van der Waals surface area contributed by atoms with Crippen LogP contribution in [0, 0.1) is 5.82 Å². The molecule has 24 heavy (non-hydrogen) atoms. The van der Waals surface area contributed by atoms with E-state index in [2.05, 4.69) is 0 Å². The minimum Gasteiger partial charge on any atom is -0.493 e. The number of halogens is 1. The lowest BCUT2D eigenvalue weighted by Crippen LogP contribution is -2.31. The molecule has 5 nitrogen and oxygen atoms in total. The van der Waals surface area contributed by atoms with Gasteiger partial charge in [0.15, 0.2) is 11.5 Å². The van der Waals surface area contributed by atoms with Crippen LogP contribution in [0.15, 0.2) is 34.5 Å². The summed E-state index contributed by atoms with van der Waals surface area (Å²) in [5.41, 5.74) is 0. The van der Waals surface area contributed by atoms with Gasteiger partial charge in [-0.25, -0.2) is 12.8 Å². The van der Waals surface area contributed by atoms with E-state index in [1.807, 2.05) is 17.5 Å². The van der Waals surface area contributed by atoms with Crippen LogP contribution in [0.3, 0.4) is 0 Å². The highest BCUT2D eigenvalue weighted by Gasteiger charge is 2.38. The van der Waals surface area contributed by atoms with Gasteiger partial charge in [0.05, 0.1) is 20.3 Å². The molecular weight excluding hydrogens is 353 g/mol. The van der Waals surface area contributed by atoms with Crippen LogP contribution in [0.2, 0.25) is 0 Å². The van der Waals surface area contributed by atoms with E-state index in [9.17, 15) is 12.8 Å². The van der Waals surface area contributed by atoms with Crippen LogP contribution in [0.4, 0.5) is 4.39 Å². The number of hydrogen-bond acceptors (Lipinski definition) is 5. The summed E-state index contributed by atoms with van der Waals surface area (Å²) in [5.74, 6) is -0.501. The molecule has 2 heterocycles. The second-order valence-corrected chi connectivity index (χ2v) is 8.27. The largest absolute Gasteiger partial charge is 0.493 e. The Balaban J connectivity index is 2.04. The molecule has 130 valence electrons. The Morgan fingerprint density at radius 1 is 1.25 bits per heavy atom. The molecule has 3 rings (SSSR count). The Bertz CT molecular complexity index is 821. The molecule has 1 aliphatic rings. The van der Waals surface area contributed by atoms with E-state index in [0.717, 1.165) is 23.8 Å². The van der Waals surface area contributed by atoms with Crippen LogP contribution in [0.5, 0.6) is 11.5 Å². The van der Waals surface area contributed by atoms with Crippen molar-refractivity contribution in [3.8, 4) is 11.5 Å². The Kier molecular flexibility index (Phi) is 4.80. The Morgan fingerprint density at radius 2 is 1.96 bits per heavy atom. The predicted octanol–water partition coefficient (Wildman–Crippen LogP) is 3.43. The highest BCUT2D eigenvalue weighted by Crippen LogP contribution is 2.40. The molecule has 0 spiro atoms. The fraction of sp³-hybridized carbons (Fsp3) is 0.375. The number of thiophene rings is 1. The first-order valence-electron chi connectivity index (χ1n) is 7.45. The Hall–Kier alpha value is -1.64. The molecule has 0 radical (unpaired) electrons. The number of hydrogen-bond donors (Lipinski definition) is 0. The number of sulfonamides is 1. The van der Waals surface area contributed by atoms with Crippen molar-refractivity contribution in [1.82, 2.24) is 4.31 Å². The Morgan fingerprint density at radius 3 is 2.58 bits per heavy atom. The van der Waals surface area contributed by atoms with Gasteiger partial charge in [-0.15, -0.1) is 11.3 Å². The summed E-state index contributed by atoms with van der Waals surface area (Å²) in [5, 5.41) is 1.91. The highest BCUT2D eigenvalue weighted by atomic mass is 32.2.